The zero-order chi connectivity index (χ0) is 20.3. The van der Waals surface area contributed by atoms with Gasteiger partial charge in [-0.15, -0.1) is 0 Å². The molecule has 0 radical (unpaired) electrons. The zero-order valence-corrected chi connectivity index (χ0v) is 13.7. The predicted octanol–water partition coefficient (Wildman–Crippen LogP) is -0.587. The van der Waals surface area contributed by atoms with Crippen molar-refractivity contribution in [3.8, 4) is 0 Å². The van der Waals surface area contributed by atoms with Crippen LogP contribution in [0, 0.1) is 0 Å². The molecule has 0 aromatic rings. The van der Waals surface area contributed by atoms with E-state index in [1.165, 1.54) is 11.0 Å². The van der Waals surface area contributed by atoms with Gasteiger partial charge in [0.15, 0.2) is 0 Å². The Labute approximate surface area is 146 Å². The molecule has 1 aliphatic rings. The van der Waals surface area contributed by atoms with Crippen LogP contribution in [0.3, 0.4) is 0 Å². The lowest BCUT2D eigenvalue weighted by Crippen LogP contribution is -2.53. The van der Waals surface area contributed by atoms with Gasteiger partial charge < -0.3 is 25.8 Å². The fourth-order valence-electron chi connectivity index (χ4n) is 2.04. The third-order valence-corrected chi connectivity index (χ3v) is 3.20. The molecule has 1 saturated heterocycles. The standard InChI is InChI=1S/C12H19N3O4.C2HF3O2/c1-2-6-19-12(18)10-4-3-5-15(10)11(17)9(7-13)14-8-16;3-2(4,5)1(6)7/h2,8-10H,1,3-7,13H2,(H,14,16);(H,6,7)/t9-,10-;/m0./s1. The third kappa shape index (κ3) is 7.51. The number of carbonyl (C=O) groups excluding carboxylic acids is 3. The Morgan fingerprint density at radius 3 is 2.42 bits per heavy atom. The number of rotatable bonds is 7. The molecule has 12 heteroatoms. The van der Waals surface area contributed by atoms with Crippen molar-refractivity contribution in [2.24, 2.45) is 5.73 Å². The molecule has 9 nitrogen and oxygen atoms in total. The number of esters is 1. The van der Waals surface area contributed by atoms with E-state index < -0.39 is 30.2 Å². The molecule has 0 aliphatic carbocycles. The van der Waals surface area contributed by atoms with Gasteiger partial charge in [-0.25, -0.2) is 9.59 Å². The third-order valence-electron chi connectivity index (χ3n) is 3.20. The van der Waals surface area contributed by atoms with Gasteiger partial charge >= 0.3 is 18.1 Å². The van der Waals surface area contributed by atoms with Crippen LogP contribution >= 0.6 is 0 Å². The van der Waals surface area contributed by atoms with Gasteiger partial charge in [0.25, 0.3) is 0 Å². The van der Waals surface area contributed by atoms with Gasteiger partial charge in [0.05, 0.1) is 0 Å². The molecule has 0 saturated carbocycles. The Bertz CT molecular complexity index is 527. The summed E-state index contributed by atoms with van der Waals surface area (Å²) >= 11 is 0. The summed E-state index contributed by atoms with van der Waals surface area (Å²) in [7, 11) is 0. The summed E-state index contributed by atoms with van der Waals surface area (Å²) in [5.74, 6) is -3.56. The first-order chi connectivity index (χ1) is 12.1. The highest BCUT2D eigenvalue weighted by atomic mass is 19.4. The number of carbonyl (C=O) groups is 4. The van der Waals surface area contributed by atoms with Crippen molar-refractivity contribution in [1.29, 1.82) is 0 Å². The van der Waals surface area contributed by atoms with Crippen LogP contribution in [0.5, 0.6) is 0 Å². The average molecular weight is 383 g/mol. The second-order valence-electron chi connectivity index (χ2n) is 4.98. The van der Waals surface area contributed by atoms with Crippen LogP contribution in [0.2, 0.25) is 0 Å². The number of nitrogens with one attached hydrogen (secondary N) is 1. The minimum absolute atomic E-state index is 0.0114. The predicted molar refractivity (Wildman–Crippen MR) is 81.6 cm³/mol. The van der Waals surface area contributed by atoms with E-state index in [0.717, 1.165) is 6.42 Å². The van der Waals surface area contributed by atoms with Crippen LogP contribution in [0.4, 0.5) is 13.2 Å². The minimum Gasteiger partial charge on any atom is -0.475 e. The molecule has 0 spiro atoms. The number of halogens is 3. The van der Waals surface area contributed by atoms with E-state index in [1.807, 2.05) is 0 Å². The Balaban J connectivity index is 0.000000758. The van der Waals surface area contributed by atoms with Crippen molar-refractivity contribution < 1.29 is 42.2 Å². The molecule has 0 bridgehead atoms. The molecule has 1 heterocycles. The molecule has 1 aliphatic heterocycles. The van der Waals surface area contributed by atoms with Crippen molar-refractivity contribution in [1.82, 2.24) is 10.2 Å². The van der Waals surface area contributed by atoms with E-state index in [1.54, 1.807) is 0 Å². The zero-order valence-electron chi connectivity index (χ0n) is 13.7. The second-order valence-corrected chi connectivity index (χ2v) is 4.98. The highest BCUT2D eigenvalue weighted by molar-refractivity contribution is 5.89. The van der Waals surface area contributed by atoms with Gasteiger partial charge in [-0.3, -0.25) is 9.59 Å². The number of carboxylic acid groups (broad SMARTS) is 1. The first-order valence-corrected chi connectivity index (χ1v) is 7.38. The highest BCUT2D eigenvalue weighted by Gasteiger charge is 2.38. The number of likely N-dealkylation sites (tertiary alicyclic amines) is 1. The van der Waals surface area contributed by atoms with Gasteiger partial charge in [-0.05, 0) is 12.8 Å². The summed E-state index contributed by atoms with van der Waals surface area (Å²) in [6.45, 7) is 4.02. The molecule has 148 valence electrons. The fraction of sp³-hybridized carbons (Fsp3) is 0.571. The van der Waals surface area contributed by atoms with E-state index in [2.05, 4.69) is 11.9 Å². The van der Waals surface area contributed by atoms with E-state index in [0.29, 0.717) is 19.4 Å². The van der Waals surface area contributed by atoms with E-state index in [4.69, 9.17) is 20.4 Å². The number of amides is 2. The molecule has 0 aromatic carbocycles. The normalized spacial score (nSPS) is 17.4. The van der Waals surface area contributed by atoms with Crippen LogP contribution in [0.25, 0.3) is 0 Å². The molecule has 1 fully saturated rings. The molecule has 4 N–H and O–H groups in total. The lowest BCUT2D eigenvalue weighted by Gasteiger charge is -2.26. The average Bonchev–Trinajstić information content (AvgIpc) is 3.06. The summed E-state index contributed by atoms with van der Waals surface area (Å²) in [4.78, 5) is 44.7. The monoisotopic (exact) mass is 383 g/mol. The van der Waals surface area contributed by atoms with E-state index in [-0.39, 0.29) is 19.1 Å². The summed E-state index contributed by atoms with van der Waals surface area (Å²) in [6.07, 6.45) is -1.91. The van der Waals surface area contributed by atoms with Gasteiger partial charge in [0.1, 0.15) is 18.7 Å². The number of carboxylic acids is 1. The molecule has 2 amide bonds. The van der Waals surface area contributed by atoms with Crippen LogP contribution in [-0.4, -0.2) is 72.2 Å². The number of hydrogen-bond donors (Lipinski definition) is 3. The van der Waals surface area contributed by atoms with Gasteiger partial charge in [-0.2, -0.15) is 13.2 Å². The van der Waals surface area contributed by atoms with E-state index in [9.17, 15) is 27.6 Å². The minimum atomic E-state index is -5.08. The Kier molecular flexibility index (Phi) is 9.96. The molecule has 2 atom stereocenters. The maximum absolute atomic E-state index is 12.2. The maximum Gasteiger partial charge on any atom is 0.490 e. The lowest BCUT2D eigenvalue weighted by atomic mass is 10.2. The van der Waals surface area contributed by atoms with Crippen LogP contribution in [0.15, 0.2) is 12.7 Å². The number of ether oxygens (including phenoxy) is 1. The summed E-state index contributed by atoms with van der Waals surface area (Å²) in [5.41, 5.74) is 5.43. The number of nitrogens with two attached hydrogens (primary N) is 1. The molecule has 1 rings (SSSR count). The highest BCUT2D eigenvalue weighted by Crippen LogP contribution is 2.19. The van der Waals surface area contributed by atoms with Crippen molar-refractivity contribution in [3.05, 3.63) is 12.7 Å². The molecule has 0 unspecified atom stereocenters. The second kappa shape index (κ2) is 11.1. The number of nitrogens with zero attached hydrogens (tertiary/aromatic N) is 1. The van der Waals surface area contributed by atoms with Crippen molar-refractivity contribution >= 4 is 24.3 Å². The van der Waals surface area contributed by atoms with Crippen LogP contribution in [0.1, 0.15) is 12.8 Å². The molecular formula is C14H20F3N3O6. The Morgan fingerprint density at radius 2 is 2.00 bits per heavy atom. The SMILES string of the molecule is C=CCOC(=O)[C@@H]1CCCN1C(=O)[C@H](CN)NC=O.O=C(O)C(F)(F)F. The molecule has 0 aromatic heterocycles. The van der Waals surface area contributed by atoms with Crippen molar-refractivity contribution in [2.75, 3.05) is 19.7 Å². The smallest absolute Gasteiger partial charge is 0.475 e. The Morgan fingerprint density at radius 1 is 1.42 bits per heavy atom. The first-order valence-electron chi connectivity index (χ1n) is 7.38. The fourth-order valence-corrected chi connectivity index (χ4v) is 2.04. The number of alkyl halides is 3. The van der Waals surface area contributed by atoms with Crippen LogP contribution in [-0.2, 0) is 23.9 Å². The lowest BCUT2D eigenvalue weighted by molar-refractivity contribution is -0.192. The van der Waals surface area contributed by atoms with Gasteiger partial charge in [-0.1, -0.05) is 12.7 Å². The first kappa shape index (κ1) is 23.4. The summed E-state index contributed by atoms with van der Waals surface area (Å²) in [5, 5.41) is 9.47. The largest absolute Gasteiger partial charge is 0.490 e. The van der Waals surface area contributed by atoms with Crippen molar-refractivity contribution in [2.45, 2.75) is 31.1 Å². The summed E-state index contributed by atoms with van der Waals surface area (Å²) < 4.78 is 36.7. The van der Waals surface area contributed by atoms with Crippen LogP contribution < -0.4 is 11.1 Å². The number of hydrogen-bond acceptors (Lipinski definition) is 6. The quantitative estimate of drug-likeness (QED) is 0.303. The maximum atomic E-state index is 12.2. The summed E-state index contributed by atoms with van der Waals surface area (Å²) in [6, 6.07) is -1.40. The molecular weight excluding hydrogens is 363 g/mol. The topological polar surface area (TPSA) is 139 Å². The van der Waals surface area contributed by atoms with Gasteiger partial charge in [0, 0.05) is 13.1 Å². The van der Waals surface area contributed by atoms with Crippen molar-refractivity contribution in [3.63, 3.8) is 0 Å². The number of aliphatic carboxylic acids is 1. The van der Waals surface area contributed by atoms with Gasteiger partial charge in [0.2, 0.25) is 12.3 Å². The van der Waals surface area contributed by atoms with E-state index >= 15 is 0 Å². The molecule has 26 heavy (non-hydrogen) atoms. The Hall–Kier alpha value is -2.63.